The van der Waals surface area contributed by atoms with Crippen LogP contribution in [-0.4, -0.2) is 48.7 Å². The number of epoxide rings is 1. The first-order valence-corrected chi connectivity index (χ1v) is 14.0. The van der Waals surface area contributed by atoms with Gasteiger partial charge in [-0.3, -0.25) is 0 Å². The third-order valence-electron chi connectivity index (χ3n) is 5.74. The molecule has 27 heavy (non-hydrogen) atoms. The molecule has 1 saturated heterocycles. The maximum atomic E-state index is 5.56. The lowest BCUT2D eigenvalue weighted by molar-refractivity contribution is 0.113. The van der Waals surface area contributed by atoms with Crippen molar-refractivity contribution < 1.29 is 18.3 Å². The predicted molar refractivity (Wildman–Crippen MR) is 116 cm³/mol. The number of unbranched alkanes of at least 4 members (excludes halogenated alkanes) is 13. The molecule has 1 unspecified atom stereocenters. The third kappa shape index (κ3) is 15.6. The zero-order chi connectivity index (χ0) is 19.6. The summed E-state index contributed by atoms with van der Waals surface area (Å²) in [5.41, 5.74) is 0. The lowest BCUT2D eigenvalue weighted by Gasteiger charge is -2.22. The number of rotatable bonds is 21. The summed E-state index contributed by atoms with van der Waals surface area (Å²) in [7, 11) is 1.76. The van der Waals surface area contributed by atoms with E-state index in [2.05, 4.69) is 6.55 Å². The second-order valence-electron chi connectivity index (χ2n) is 8.27. The van der Waals surface area contributed by atoms with E-state index < -0.39 is 8.56 Å². The van der Waals surface area contributed by atoms with Crippen LogP contribution in [0.3, 0.4) is 0 Å². The molecule has 1 rings (SSSR count). The largest absolute Gasteiger partial charge is 0.398 e. The zero-order valence-electron chi connectivity index (χ0n) is 18.4. The third-order valence-corrected chi connectivity index (χ3v) is 8.73. The van der Waals surface area contributed by atoms with Crippen LogP contribution < -0.4 is 0 Å². The summed E-state index contributed by atoms with van der Waals surface area (Å²) < 4.78 is 21.8. The first-order chi connectivity index (χ1) is 13.2. The minimum atomic E-state index is -1.82. The molecule has 0 spiro atoms. The van der Waals surface area contributed by atoms with Crippen LogP contribution >= 0.6 is 0 Å². The van der Waals surface area contributed by atoms with Gasteiger partial charge in [0, 0.05) is 20.8 Å². The van der Waals surface area contributed by atoms with Crippen molar-refractivity contribution in [2.45, 2.75) is 109 Å². The smallest absolute Gasteiger partial charge is 0.334 e. The van der Waals surface area contributed by atoms with Gasteiger partial charge < -0.3 is 18.3 Å². The Morgan fingerprint density at radius 3 is 1.52 bits per heavy atom. The van der Waals surface area contributed by atoms with E-state index in [-0.39, 0.29) is 0 Å². The standard InChI is InChI=1S/C22H46O4Si/c1-23-27(3,24-2)19-17-15-13-11-9-7-5-4-6-8-10-12-14-16-18-25-20-22-21-26-22/h22H,4-21H2,1-3H3. The zero-order valence-corrected chi connectivity index (χ0v) is 19.4. The maximum absolute atomic E-state index is 5.56. The van der Waals surface area contributed by atoms with Gasteiger partial charge in [0.25, 0.3) is 0 Å². The predicted octanol–water partition coefficient (Wildman–Crippen LogP) is 6.23. The van der Waals surface area contributed by atoms with Crippen molar-refractivity contribution in [2.75, 3.05) is 34.0 Å². The van der Waals surface area contributed by atoms with Gasteiger partial charge in [0.1, 0.15) is 6.10 Å². The highest BCUT2D eigenvalue weighted by molar-refractivity contribution is 6.65. The lowest BCUT2D eigenvalue weighted by atomic mass is 10.0. The molecule has 0 aromatic carbocycles. The lowest BCUT2D eigenvalue weighted by Crippen LogP contribution is -2.35. The van der Waals surface area contributed by atoms with E-state index >= 15 is 0 Å². The summed E-state index contributed by atoms with van der Waals surface area (Å²) in [5.74, 6) is 0. The van der Waals surface area contributed by atoms with Crippen LogP contribution in [0.5, 0.6) is 0 Å². The van der Waals surface area contributed by atoms with Gasteiger partial charge in [0.2, 0.25) is 0 Å². The molecule has 162 valence electrons. The van der Waals surface area contributed by atoms with Crippen LogP contribution in [0.2, 0.25) is 12.6 Å². The Labute approximate surface area is 169 Å². The van der Waals surface area contributed by atoms with E-state index in [1.54, 1.807) is 14.2 Å². The molecule has 1 aliphatic heterocycles. The quantitative estimate of drug-likeness (QED) is 0.130. The second kappa shape index (κ2) is 17.0. The molecule has 0 aromatic heterocycles. The van der Waals surface area contributed by atoms with Crippen molar-refractivity contribution in [3.8, 4) is 0 Å². The molecule has 5 heteroatoms. The molecule has 0 aliphatic carbocycles. The molecule has 1 atom stereocenters. The molecular weight excluding hydrogens is 356 g/mol. The van der Waals surface area contributed by atoms with E-state index in [1.165, 1.54) is 89.9 Å². The van der Waals surface area contributed by atoms with Crippen molar-refractivity contribution in [1.82, 2.24) is 0 Å². The number of hydrogen-bond acceptors (Lipinski definition) is 4. The molecule has 0 amide bonds. The topological polar surface area (TPSA) is 40.2 Å². The highest BCUT2D eigenvalue weighted by atomic mass is 28.4. The summed E-state index contributed by atoms with van der Waals surface area (Å²) in [6.07, 6.45) is 19.6. The van der Waals surface area contributed by atoms with Gasteiger partial charge in [0.15, 0.2) is 0 Å². The van der Waals surface area contributed by atoms with Crippen LogP contribution in [0.1, 0.15) is 89.9 Å². The first-order valence-electron chi connectivity index (χ1n) is 11.5. The van der Waals surface area contributed by atoms with Gasteiger partial charge in [-0.15, -0.1) is 0 Å². The van der Waals surface area contributed by atoms with Crippen LogP contribution in [0.25, 0.3) is 0 Å². The van der Waals surface area contributed by atoms with Crippen LogP contribution in [-0.2, 0) is 18.3 Å². The monoisotopic (exact) mass is 402 g/mol. The molecule has 0 aromatic rings. The fraction of sp³-hybridized carbons (Fsp3) is 1.00. The molecule has 1 heterocycles. The molecule has 0 N–H and O–H groups in total. The minimum Gasteiger partial charge on any atom is -0.398 e. The van der Waals surface area contributed by atoms with Gasteiger partial charge in [-0.2, -0.15) is 0 Å². The Balaban J connectivity index is 1.67. The minimum absolute atomic E-state index is 0.416. The van der Waals surface area contributed by atoms with Gasteiger partial charge >= 0.3 is 8.56 Å². The Morgan fingerprint density at radius 1 is 0.704 bits per heavy atom. The number of hydrogen-bond donors (Lipinski definition) is 0. The Bertz CT molecular complexity index is 319. The molecular formula is C22H46O4Si. The SMILES string of the molecule is CO[Si](C)(CCCCCCCCCCCCCCCCOCC1CO1)OC. The Hall–Kier alpha value is 0.0569. The molecule has 1 aliphatic rings. The Kier molecular flexibility index (Phi) is 15.8. The van der Waals surface area contributed by atoms with Crippen LogP contribution in [0.15, 0.2) is 0 Å². The second-order valence-corrected chi connectivity index (χ2v) is 11.9. The molecule has 1 fully saturated rings. The average Bonchev–Trinajstić information content (AvgIpc) is 3.51. The summed E-state index contributed by atoms with van der Waals surface area (Å²) in [4.78, 5) is 0. The fourth-order valence-corrected chi connectivity index (χ4v) is 4.91. The van der Waals surface area contributed by atoms with E-state index in [9.17, 15) is 0 Å². The van der Waals surface area contributed by atoms with Crippen molar-refractivity contribution in [3.05, 3.63) is 0 Å². The summed E-state index contributed by atoms with van der Waals surface area (Å²) >= 11 is 0. The van der Waals surface area contributed by atoms with Gasteiger partial charge in [-0.25, -0.2) is 0 Å². The van der Waals surface area contributed by atoms with Crippen molar-refractivity contribution >= 4 is 8.56 Å². The maximum Gasteiger partial charge on any atom is 0.334 e. The highest BCUT2D eigenvalue weighted by Crippen LogP contribution is 2.18. The van der Waals surface area contributed by atoms with Crippen molar-refractivity contribution in [2.24, 2.45) is 0 Å². The fourth-order valence-electron chi connectivity index (χ4n) is 3.44. The van der Waals surface area contributed by atoms with Gasteiger partial charge in [-0.1, -0.05) is 83.5 Å². The van der Waals surface area contributed by atoms with Gasteiger partial charge in [0.05, 0.1) is 13.2 Å². The highest BCUT2D eigenvalue weighted by Gasteiger charge is 2.27. The Morgan fingerprint density at radius 2 is 1.11 bits per heavy atom. The molecule has 0 radical (unpaired) electrons. The van der Waals surface area contributed by atoms with Crippen molar-refractivity contribution in [3.63, 3.8) is 0 Å². The summed E-state index contributed by atoms with van der Waals surface area (Å²) in [5, 5.41) is 0. The molecule has 4 nitrogen and oxygen atoms in total. The molecule has 0 saturated carbocycles. The normalized spacial score (nSPS) is 16.8. The van der Waals surface area contributed by atoms with Crippen LogP contribution in [0, 0.1) is 0 Å². The first kappa shape index (κ1) is 25.1. The van der Waals surface area contributed by atoms with E-state index in [0.717, 1.165) is 25.9 Å². The van der Waals surface area contributed by atoms with E-state index in [0.29, 0.717) is 6.10 Å². The summed E-state index contributed by atoms with van der Waals surface area (Å²) in [6, 6.07) is 1.13. The van der Waals surface area contributed by atoms with Crippen molar-refractivity contribution in [1.29, 1.82) is 0 Å². The summed E-state index contributed by atoms with van der Waals surface area (Å²) in [6.45, 7) is 4.79. The van der Waals surface area contributed by atoms with Crippen LogP contribution in [0.4, 0.5) is 0 Å². The molecule has 0 bridgehead atoms. The number of ether oxygens (including phenoxy) is 2. The van der Waals surface area contributed by atoms with E-state index in [4.69, 9.17) is 18.3 Å². The van der Waals surface area contributed by atoms with E-state index in [1.807, 2.05) is 0 Å². The average molecular weight is 403 g/mol. The van der Waals surface area contributed by atoms with Gasteiger partial charge in [-0.05, 0) is 19.0 Å².